The van der Waals surface area contributed by atoms with Crippen LogP contribution in [0.15, 0.2) is 18.2 Å². The zero-order valence-electron chi connectivity index (χ0n) is 12.0. The molecular weight excluding hydrogens is 236 g/mol. The van der Waals surface area contributed by atoms with Gasteiger partial charge in [-0.2, -0.15) is 5.26 Å². The SMILES string of the molecule is COc1ccc(C)cc1C(C)C(C#N)N1CCCC1. The van der Waals surface area contributed by atoms with Gasteiger partial charge in [-0.25, -0.2) is 0 Å². The number of hydrogen-bond donors (Lipinski definition) is 0. The van der Waals surface area contributed by atoms with E-state index in [1.807, 2.05) is 12.1 Å². The number of aryl methyl sites for hydroxylation is 1. The third-order valence-electron chi connectivity index (χ3n) is 4.02. The molecule has 0 aromatic heterocycles. The van der Waals surface area contributed by atoms with Gasteiger partial charge < -0.3 is 4.74 Å². The normalized spacial score (nSPS) is 18.8. The molecule has 0 aliphatic carbocycles. The number of hydrogen-bond acceptors (Lipinski definition) is 3. The Morgan fingerprint density at radius 1 is 1.32 bits per heavy atom. The number of benzene rings is 1. The minimum atomic E-state index is -0.0572. The van der Waals surface area contributed by atoms with Crippen LogP contribution in [-0.2, 0) is 0 Å². The van der Waals surface area contributed by atoms with Crippen molar-refractivity contribution in [2.24, 2.45) is 0 Å². The van der Waals surface area contributed by atoms with Crippen LogP contribution in [0.2, 0.25) is 0 Å². The Kier molecular flexibility index (Phi) is 4.44. The molecule has 3 heteroatoms. The average molecular weight is 258 g/mol. The van der Waals surface area contributed by atoms with Gasteiger partial charge >= 0.3 is 0 Å². The molecule has 3 nitrogen and oxygen atoms in total. The highest BCUT2D eigenvalue weighted by Crippen LogP contribution is 2.32. The zero-order valence-corrected chi connectivity index (χ0v) is 12.0. The lowest BCUT2D eigenvalue weighted by atomic mass is 9.91. The first kappa shape index (κ1) is 13.9. The number of methoxy groups -OCH3 is 1. The molecule has 1 aliphatic heterocycles. The molecule has 0 bridgehead atoms. The summed E-state index contributed by atoms with van der Waals surface area (Å²) in [6, 6.07) is 8.62. The smallest absolute Gasteiger partial charge is 0.122 e. The minimum absolute atomic E-state index is 0.0572. The third kappa shape index (κ3) is 2.90. The van der Waals surface area contributed by atoms with Crippen LogP contribution in [-0.4, -0.2) is 31.1 Å². The second-order valence-electron chi connectivity index (χ2n) is 5.35. The number of nitriles is 1. The van der Waals surface area contributed by atoms with Gasteiger partial charge in [0.1, 0.15) is 11.8 Å². The Balaban J connectivity index is 2.28. The van der Waals surface area contributed by atoms with Gasteiger partial charge in [0.2, 0.25) is 0 Å². The standard InChI is InChI=1S/C16H22N2O/c1-12-6-7-16(19-3)14(10-12)13(2)15(11-17)18-8-4-5-9-18/h6-7,10,13,15H,4-5,8-9H2,1-3H3. The summed E-state index contributed by atoms with van der Waals surface area (Å²) in [5.41, 5.74) is 2.35. The second kappa shape index (κ2) is 6.08. The van der Waals surface area contributed by atoms with Crippen molar-refractivity contribution in [2.45, 2.75) is 38.6 Å². The van der Waals surface area contributed by atoms with E-state index in [1.165, 1.54) is 18.4 Å². The molecule has 1 aromatic carbocycles. The molecule has 1 saturated heterocycles. The molecule has 2 rings (SSSR count). The van der Waals surface area contributed by atoms with Gasteiger partial charge in [0.25, 0.3) is 0 Å². The van der Waals surface area contributed by atoms with E-state index in [4.69, 9.17) is 4.74 Å². The molecule has 0 N–H and O–H groups in total. The fourth-order valence-electron chi connectivity index (χ4n) is 2.91. The van der Waals surface area contributed by atoms with E-state index in [0.29, 0.717) is 0 Å². The number of likely N-dealkylation sites (tertiary alicyclic amines) is 1. The highest BCUT2D eigenvalue weighted by Gasteiger charge is 2.29. The summed E-state index contributed by atoms with van der Waals surface area (Å²) in [5, 5.41) is 9.52. The van der Waals surface area contributed by atoms with E-state index in [9.17, 15) is 5.26 Å². The van der Waals surface area contributed by atoms with Crippen molar-refractivity contribution < 1.29 is 4.74 Å². The van der Waals surface area contributed by atoms with Crippen LogP contribution >= 0.6 is 0 Å². The van der Waals surface area contributed by atoms with Crippen LogP contribution in [0.3, 0.4) is 0 Å². The predicted molar refractivity (Wildman–Crippen MR) is 76.4 cm³/mol. The molecule has 1 fully saturated rings. The fraction of sp³-hybridized carbons (Fsp3) is 0.562. The fourth-order valence-corrected chi connectivity index (χ4v) is 2.91. The molecule has 1 aromatic rings. The lowest BCUT2D eigenvalue weighted by Crippen LogP contribution is -2.35. The monoisotopic (exact) mass is 258 g/mol. The molecule has 2 unspecified atom stereocenters. The van der Waals surface area contributed by atoms with Gasteiger partial charge in [-0.3, -0.25) is 4.90 Å². The van der Waals surface area contributed by atoms with Crippen molar-refractivity contribution in [3.63, 3.8) is 0 Å². The summed E-state index contributed by atoms with van der Waals surface area (Å²) in [6.45, 7) is 6.28. The van der Waals surface area contributed by atoms with Crippen LogP contribution in [0.25, 0.3) is 0 Å². The summed E-state index contributed by atoms with van der Waals surface area (Å²) in [4.78, 5) is 2.30. The van der Waals surface area contributed by atoms with Crippen LogP contribution in [0.1, 0.15) is 36.8 Å². The van der Waals surface area contributed by atoms with Gasteiger partial charge in [-0.05, 0) is 44.5 Å². The summed E-state index contributed by atoms with van der Waals surface area (Å²) in [6.07, 6.45) is 2.41. The molecule has 19 heavy (non-hydrogen) atoms. The molecular formula is C16H22N2O. The highest BCUT2D eigenvalue weighted by atomic mass is 16.5. The Morgan fingerprint density at radius 2 is 2.00 bits per heavy atom. The maximum absolute atomic E-state index is 9.52. The van der Waals surface area contributed by atoms with Crippen molar-refractivity contribution in [3.05, 3.63) is 29.3 Å². The molecule has 0 saturated carbocycles. The van der Waals surface area contributed by atoms with E-state index in [0.717, 1.165) is 24.4 Å². The van der Waals surface area contributed by atoms with Crippen LogP contribution in [0.5, 0.6) is 5.75 Å². The Hall–Kier alpha value is -1.53. The highest BCUT2D eigenvalue weighted by molar-refractivity contribution is 5.40. The minimum Gasteiger partial charge on any atom is -0.496 e. The van der Waals surface area contributed by atoms with Gasteiger partial charge in [-0.15, -0.1) is 0 Å². The molecule has 1 heterocycles. The summed E-state index contributed by atoms with van der Waals surface area (Å²) in [7, 11) is 1.69. The van der Waals surface area contributed by atoms with Crippen LogP contribution < -0.4 is 4.74 Å². The maximum Gasteiger partial charge on any atom is 0.122 e. The summed E-state index contributed by atoms with van der Waals surface area (Å²) < 4.78 is 5.45. The molecule has 0 amide bonds. The van der Waals surface area contributed by atoms with E-state index < -0.39 is 0 Å². The van der Waals surface area contributed by atoms with Crippen molar-refractivity contribution in [1.82, 2.24) is 4.90 Å². The van der Waals surface area contributed by atoms with E-state index in [2.05, 4.69) is 30.9 Å². The van der Waals surface area contributed by atoms with Gasteiger partial charge in [-0.1, -0.05) is 24.6 Å². The Labute approximate surface area is 115 Å². The van der Waals surface area contributed by atoms with Gasteiger partial charge in [0, 0.05) is 5.92 Å². The Morgan fingerprint density at radius 3 is 2.58 bits per heavy atom. The van der Waals surface area contributed by atoms with Crippen LogP contribution in [0, 0.1) is 18.3 Å². The van der Waals surface area contributed by atoms with E-state index in [-0.39, 0.29) is 12.0 Å². The number of nitrogens with zero attached hydrogens (tertiary/aromatic N) is 2. The largest absolute Gasteiger partial charge is 0.496 e. The quantitative estimate of drug-likeness (QED) is 0.832. The third-order valence-corrected chi connectivity index (χ3v) is 4.02. The molecule has 0 radical (unpaired) electrons. The first-order valence-electron chi connectivity index (χ1n) is 6.95. The summed E-state index contributed by atoms with van der Waals surface area (Å²) in [5.74, 6) is 1.05. The zero-order chi connectivity index (χ0) is 13.8. The van der Waals surface area contributed by atoms with E-state index >= 15 is 0 Å². The number of rotatable bonds is 4. The lowest BCUT2D eigenvalue weighted by molar-refractivity contribution is 0.260. The first-order valence-corrected chi connectivity index (χ1v) is 6.95. The van der Waals surface area contributed by atoms with Crippen molar-refractivity contribution >= 4 is 0 Å². The van der Waals surface area contributed by atoms with Crippen molar-refractivity contribution in [1.29, 1.82) is 5.26 Å². The summed E-state index contributed by atoms with van der Waals surface area (Å²) >= 11 is 0. The molecule has 1 aliphatic rings. The first-order chi connectivity index (χ1) is 9.17. The van der Waals surface area contributed by atoms with Crippen LogP contribution in [0.4, 0.5) is 0 Å². The molecule has 102 valence electrons. The number of ether oxygens (including phenoxy) is 1. The second-order valence-corrected chi connectivity index (χ2v) is 5.35. The van der Waals surface area contributed by atoms with E-state index in [1.54, 1.807) is 7.11 Å². The van der Waals surface area contributed by atoms with Gasteiger partial charge in [0.05, 0.1) is 13.2 Å². The van der Waals surface area contributed by atoms with Gasteiger partial charge in [0.15, 0.2) is 0 Å². The van der Waals surface area contributed by atoms with Crippen molar-refractivity contribution in [2.75, 3.05) is 20.2 Å². The maximum atomic E-state index is 9.52. The lowest BCUT2D eigenvalue weighted by Gasteiger charge is -2.28. The average Bonchev–Trinajstić information content (AvgIpc) is 2.93. The Bertz CT molecular complexity index is 472. The molecule has 2 atom stereocenters. The van der Waals surface area contributed by atoms with Crippen molar-refractivity contribution in [3.8, 4) is 11.8 Å². The molecule has 0 spiro atoms. The topological polar surface area (TPSA) is 36.3 Å². The predicted octanol–water partition coefficient (Wildman–Crippen LogP) is 3.10.